The molecule has 1 amide bonds. The molecule has 7 heteroatoms. The first-order valence-corrected chi connectivity index (χ1v) is 9.74. The van der Waals surface area contributed by atoms with Gasteiger partial charge in [0.1, 0.15) is 12.7 Å². The largest absolute Gasteiger partial charge is 0.373 e. The van der Waals surface area contributed by atoms with Crippen LogP contribution in [0.4, 0.5) is 0 Å². The van der Waals surface area contributed by atoms with Gasteiger partial charge in [0, 0.05) is 43.5 Å². The van der Waals surface area contributed by atoms with Crippen molar-refractivity contribution >= 4 is 5.91 Å². The van der Waals surface area contributed by atoms with Gasteiger partial charge in [-0.05, 0) is 44.9 Å². The molecule has 0 aliphatic carbocycles. The number of hydrogen-bond donors (Lipinski definition) is 0. The number of piperidine rings is 1. The number of ether oxygens (including phenoxy) is 1. The molecule has 0 unspecified atom stereocenters. The van der Waals surface area contributed by atoms with Crippen LogP contribution in [0.1, 0.15) is 37.0 Å². The van der Waals surface area contributed by atoms with E-state index < -0.39 is 0 Å². The Morgan fingerprint density at radius 1 is 1.07 bits per heavy atom. The van der Waals surface area contributed by atoms with Crippen molar-refractivity contribution in [3.8, 4) is 5.69 Å². The Labute approximate surface area is 159 Å². The molecule has 1 aromatic heterocycles. The Balaban J connectivity index is 1.38. The van der Waals surface area contributed by atoms with Crippen molar-refractivity contribution in [3.05, 3.63) is 42.5 Å². The van der Waals surface area contributed by atoms with Crippen LogP contribution in [0.25, 0.3) is 5.69 Å². The first-order chi connectivity index (χ1) is 13.1. The highest BCUT2D eigenvalue weighted by atomic mass is 16.5. The third kappa shape index (κ3) is 4.04. The minimum absolute atomic E-state index is 0.104. The van der Waals surface area contributed by atoms with Crippen LogP contribution in [0.2, 0.25) is 0 Å². The maximum atomic E-state index is 13.0. The molecule has 2 aromatic rings. The Hall–Kier alpha value is -2.25. The van der Waals surface area contributed by atoms with Crippen LogP contribution < -0.4 is 0 Å². The number of aromatic nitrogens is 3. The van der Waals surface area contributed by atoms with E-state index in [1.54, 1.807) is 12.7 Å². The summed E-state index contributed by atoms with van der Waals surface area (Å²) in [4.78, 5) is 17.5. The molecule has 2 fully saturated rings. The van der Waals surface area contributed by atoms with E-state index in [-0.39, 0.29) is 18.1 Å². The van der Waals surface area contributed by atoms with Crippen LogP contribution in [0.3, 0.4) is 0 Å². The summed E-state index contributed by atoms with van der Waals surface area (Å²) in [7, 11) is 0. The molecule has 3 heterocycles. The lowest BCUT2D eigenvalue weighted by Gasteiger charge is -2.43. The minimum atomic E-state index is 0.104. The molecular weight excluding hydrogens is 342 g/mol. The van der Waals surface area contributed by atoms with Crippen molar-refractivity contribution < 1.29 is 9.53 Å². The zero-order chi connectivity index (χ0) is 18.8. The molecule has 0 spiro atoms. The van der Waals surface area contributed by atoms with Gasteiger partial charge in [0.2, 0.25) is 0 Å². The number of likely N-dealkylation sites (tertiary alicyclic amines) is 1. The lowest BCUT2D eigenvalue weighted by atomic mass is 10.0. The van der Waals surface area contributed by atoms with Crippen molar-refractivity contribution in [2.75, 3.05) is 26.2 Å². The molecule has 1 aromatic carbocycles. The van der Waals surface area contributed by atoms with E-state index in [2.05, 4.69) is 28.9 Å². The van der Waals surface area contributed by atoms with Crippen LogP contribution in [-0.4, -0.2) is 74.9 Å². The molecule has 0 saturated carbocycles. The number of hydrogen-bond acceptors (Lipinski definition) is 5. The standard InChI is InChI=1S/C20H27N5O2/c1-15-11-24(12-16(2)27-15)18-6-8-23(9-7-18)20(26)17-4-3-5-19(10-17)25-13-21-22-14-25/h3-5,10,13-16,18H,6-9,11-12H2,1-2H3/t15-,16+. The van der Waals surface area contributed by atoms with E-state index in [1.165, 1.54) is 0 Å². The molecule has 2 atom stereocenters. The predicted octanol–water partition coefficient (Wildman–Crippen LogP) is 1.98. The summed E-state index contributed by atoms with van der Waals surface area (Å²) < 4.78 is 7.66. The SMILES string of the molecule is C[C@@H]1CN(C2CCN(C(=O)c3cccc(-n4cnnc4)c3)CC2)C[C@H](C)O1. The van der Waals surface area contributed by atoms with Gasteiger partial charge in [-0.15, -0.1) is 10.2 Å². The van der Waals surface area contributed by atoms with Crippen molar-refractivity contribution in [1.29, 1.82) is 0 Å². The van der Waals surface area contributed by atoms with Gasteiger partial charge in [-0.1, -0.05) is 6.07 Å². The average molecular weight is 369 g/mol. The van der Waals surface area contributed by atoms with Crippen molar-refractivity contribution in [1.82, 2.24) is 24.6 Å². The number of benzene rings is 1. The maximum Gasteiger partial charge on any atom is 0.253 e. The lowest BCUT2D eigenvalue weighted by Crippen LogP contribution is -2.53. The van der Waals surface area contributed by atoms with Crippen molar-refractivity contribution in [2.24, 2.45) is 0 Å². The Morgan fingerprint density at radius 2 is 1.74 bits per heavy atom. The fourth-order valence-corrected chi connectivity index (χ4v) is 4.27. The number of morpholine rings is 1. The number of carbonyl (C=O) groups is 1. The summed E-state index contributed by atoms with van der Waals surface area (Å²) in [6.45, 7) is 7.88. The smallest absolute Gasteiger partial charge is 0.253 e. The summed E-state index contributed by atoms with van der Waals surface area (Å²) in [5, 5.41) is 7.66. The van der Waals surface area contributed by atoms with E-state index in [4.69, 9.17) is 4.74 Å². The molecule has 7 nitrogen and oxygen atoms in total. The summed E-state index contributed by atoms with van der Waals surface area (Å²) in [6, 6.07) is 8.20. The van der Waals surface area contributed by atoms with E-state index in [0.29, 0.717) is 11.6 Å². The molecule has 4 rings (SSSR count). The molecule has 144 valence electrons. The quantitative estimate of drug-likeness (QED) is 0.828. The van der Waals surface area contributed by atoms with Crippen molar-refractivity contribution in [3.63, 3.8) is 0 Å². The third-order valence-corrected chi connectivity index (χ3v) is 5.53. The fourth-order valence-electron chi connectivity index (χ4n) is 4.27. The molecule has 0 bridgehead atoms. The second-order valence-electron chi connectivity index (χ2n) is 7.65. The number of rotatable bonds is 3. The van der Waals surface area contributed by atoms with Crippen LogP contribution in [0.15, 0.2) is 36.9 Å². The highest BCUT2D eigenvalue weighted by Crippen LogP contribution is 2.23. The number of amides is 1. The van der Waals surface area contributed by atoms with Crippen LogP contribution in [0, 0.1) is 0 Å². The topological polar surface area (TPSA) is 63.5 Å². The second-order valence-corrected chi connectivity index (χ2v) is 7.65. The molecule has 0 radical (unpaired) electrons. The molecule has 0 N–H and O–H groups in total. The number of nitrogens with zero attached hydrogens (tertiary/aromatic N) is 5. The van der Waals surface area contributed by atoms with Crippen molar-refractivity contribution in [2.45, 2.75) is 44.9 Å². The zero-order valence-corrected chi connectivity index (χ0v) is 16.0. The van der Waals surface area contributed by atoms with Crippen LogP contribution in [0.5, 0.6) is 0 Å². The second kappa shape index (κ2) is 7.78. The highest BCUT2D eigenvalue weighted by Gasteiger charge is 2.31. The minimum Gasteiger partial charge on any atom is -0.373 e. The molecule has 2 aliphatic rings. The lowest BCUT2D eigenvalue weighted by molar-refractivity contribution is -0.0856. The summed E-state index contributed by atoms with van der Waals surface area (Å²) in [5.41, 5.74) is 1.62. The van der Waals surface area contributed by atoms with E-state index in [9.17, 15) is 4.79 Å². The van der Waals surface area contributed by atoms with Gasteiger partial charge in [0.25, 0.3) is 5.91 Å². The summed E-state index contributed by atoms with van der Waals surface area (Å²) in [5.74, 6) is 0.104. The monoisotopic (exact) mass is 369 g/mol. The molecular formula is C20H27N5O2. The van der Waals surface area contributed by atoms with Gasteiger partial charge in [-0.3, -0.25) is 14.3 Å². The van der Waals surface area contributed by atoms with Crippen LogP contribution >= 0.6 is 0 Å². The summed E-state index contributed by atoms with van der Waals surface area (Å²) in [6.07, 6.45) is 5.90. The zero-order valence-electron chi connectivity index (χ0n) is 16.0. The van der Waals surface area contributed by atoms with Gasteiger partial charge >= 0.3 is 0 Å². The molecule has 2 aliphatic heterocycles. The van der Waals surface area contributed by atoms with Gasteiger partial charge in [0.15, 0.2) is 0 Å². The predicted molar refractivity (Wildman–Crippen MR) is 102 cm³/mol. The average Bonchev–Trinajstić information content (AvgIpc) is 3.22. The highest BCUT2D eigenvalue weighted by molar-refractivity contribution is 5.94. The normalized spacial score (nSPS) is 24.9. The maximum absolute atomic E-state index is 13.0. The summed E-state index contributed by atoms with van der Waals surface area (Å²) >= 11 is 0. The van der Waals surface area contributed by atoms with Gasteiger partial charge < -0.3 is 9.64 Å². The third-order valence-electron chi connectivity index (χ3n) is 5.53. The Bertz CT molecular complexity index is 760. The van der Waals surface area contributed by atoms with Gasteiger partial charge in [-0.2, -0.15) is 0 Å². The Morgan fingerprint density at radius 3 is 2.41 bits per heavy atom. The van der Waals surface area contributed by atoms with E-state index in [0.717, 1.165) is 44.7 Å². The van der Waals surface area contributed by atoms with E-state index >= 15 is 0 Å². The van der Waals surface area contributed by atoms with E-state index in [1.807, 2.05) is 33.7 Å². The Kier molecular flexibility index (Phi) is 5.22. The van der Waals surface area contributed by atoms with Gasteiger partial charge in [0.05, 0.1) is 12.2 Å². The molecule has 27 heavy (non-hydrogen) atoms. The molecule has 2 saturated heterocycles. The number of carbonyl (C=O) groups excluding carboxylic acids is 1. The first-order valence-electron chi connectivity index (χ1n) is 9.74. The van der Waals surface area contributed by atoms with Crippen LogP contribution in [-0.2, 0) is 4.74 Å². The van der Waals surface area contributed by atoms with Gasteiger partial charge in [-0.25, -0.2) is 0 Å². The first kappa shape index (κ1) is 18.1. The fraction of sp³-hybridized carbons (Fsp3) is 0.550.